The standard InChI is InChI=1S/C23H19F2N5O/c24-17-3-5-18(6-4-17)28-10-12-29(13-11-28)22(31)16-2-7-21-19(14-16)20(25)15-30(21)23-26-8-1-9-27-23/h1-9,14-15H,10-13H2. The molecule has 2 aromatic carbocycles. The summed E-state index contributed by atoms with van der Waals surface area (Å²) in [6, 6.07) is 13.0. The third kappa shape index (κ3) is 3.61. The second kappa shape index (κ2) is 7.79. The number of rotatable bonds is 3. The predicted octanol–water partition coefficient (Wildman–Crippen LogP) is 3.66. The average Bonchev–Trinajstić information content (AvgIpc) is 3.16. The number of anilines is 1. The first-order chi connectivity index (χ1) is 15.1. The van der Waals surface area contributed by atoms with Gasteiger partial charge in [-0.2, -0.15) is 0 Å². The highest BCUT2D eigenvalue weighted by atomic mass is 19.1. The van der Waals surface area contributed by atoms with Crippen molar-refractivity contribution in [3.63, 3.8) is 0 Å². The minimum Gasteiger partial charge on any atom is -0.368 e. The van der Waals surface area contributed by atoms with Gasteiger partial charge in [-0.15, -0.1) is 0 Å². The SMILES string of the molecule is O=C(c1ccc2c(c1)c(F)cn2-c1ncccn1)N1CCN(c2ccc(F)cc2)CC1. The lowest BCUT2D eigenvalue weighted by molar-refractivity contribution is 0.0747. The number of carbonyl (C=O) groups excluding carboxylic acids is 1. The monoisotopic (exact) mass is 419 g/mol. The summed E-state index contributed by atoms with van der Waals surface area (Å²) in [5.41, 5.74) is 1.97. The van der Waals surface area contributed by atoms with E-state index in [1.165, 1.54) is 18.3 Å². The number of carbonyl (C=O) groups is 1. The van der Waals surface area contributed by atoms with Crippen LogP contribution in [0.3, 0.4) is 0 Å². The Morgan fingerprint density at radius 2 is 1.61 bits per heavy atom. The molecule has 6 nitrogen and oxygen atoms in total. The van der Waals surface area contributed by atoms with Gasteiger partial charge in [0.2, 0.25) is 5.95 Å². The zero-order chi connectivity index (χ0) is 21.4. The molecular formula is C23H19F2N5O. The quantitative estimate of drug-likeness (QED) is 0.509. The van der Waals surface area contributed by atoms with E-state index in [0.29, 0.717) is 48.6 Å². The Kier molecular flexibility index (Phi) is 4.82. The van der Waals surface area contributed by atoms with Crippen molar-refractivity contribution in [2.45, 2.75) is 0 Å². The van der Waals surface area contributed by atoms with E-state index in [1.807, 2.05) is 0 Å². The Morgan fingerprint density at radius 1 is 0.903 bits per heavy atom. The summed E-state index contributed by atoms with van der Waals surface area (Å²) in [4.78, 5) is 25.2. The van der Waals surface area contributed by atoms with Gasteiger partial charge in [-0.05, 0) is 48.5 Å². The van der Waals surface area contributed by atoms with E-state index in [2.05, 4.69) is 14.9 Å². The van der Waals surface area contributed by atoms with Gasteiger partial charge in [0.25, 0.3) is 5.91 Å². The van der Waals surface area contributed by atoms with Crippen LogP contribution in [0.2, 0.25) is 0 Å². The van der Waals surface area contributed by atoms with Gasteiger partial charge >= 0.3 is 0 Å². The van der Waals surface area contributed by atoms with Crippen LogP contribution in [0.1, 0.15) is 10.4 Å². The topological polar surface area (TPSA) is 54.3 Å². The summed E-state index contributed by atoms with van der Waals surface area (Å²) >= 11 is 0. The number of nitrogens with zero attached hydrogens (tertiary/aromatic N) is 5. The largest absolute Gasteiger partial charge is 0.368 e. The Morgan fingerprint density at radius 3 is 2.32 bits per heavy atom. The highest BCUT2D eigenvalue weighted by Crippen LogP contribution is 2.25. The van der Waals surface area contributed by atoms with Gasteiger partial charge in [0, 0.05) is 61.4 Å². The minimum absolute atomic E-state index is 0.135. The van der Waals surface area contributed by atoms with Crippen molar-refractivity contribution in [1.29, 1.82) is 0 Å². The summed E-state index contributed by atoms with van der Waals surface area (Å²) < 4.78 is 29.3. The van der Waals surface area contributed by atoms with Gasteiger partial charge < -0.3 is 9.80 Å². The summed E-state index contributed by atoms with van der Waals surface area (Å²) in [7, 11) is 0. The first kappa shape index (κ1) is 19.2. The summed E-state index contributed by atoms with van der Waals surface area (Å²) in [6.07, 6.45) is 4.51. The van der Waals surface area contributed by atoms with Crippen LogP contribution in [0, 0.1) is 11.6 Å². The normalized spacial score (nSPS) is 14.3. The van der Waals surface area contributed by atoms with Crippen molar-refractivity contribution in [3.05, 3.63) is 84.3 Å². The molecule has 4 aromatic rings. The molecule has 0 spiro atoms. The molecule has 1 aliphatic heterocycles. The van der Waals surface area contributed by atoms with Crippen LogP contribution in [0.5, 0.6) is 0 Å². The van der Waals surface area contributed by atoms with Crippen molar-refractivity contribution in [2.75, 3.05) is 31.1 Å². The first-order valence-corrected chi connectivity index (χ1v) is 9.98. The Hall–Kier alpha value is -3.81. The number of hydrogen-bond donors (Lipinski definition) is 0. The number of fused-ring (bicyclic) bond motifs is 1. The molecule has 0 N–H and O–H groups in total. The zero-order valence-corrected chi connectivity index (χ0v) is 16.6. The van der Waals surface area contributed by atoms with E-state index in [1.54, 1.807) is 58.3 Å². The van der Waals surface area contributed by atoms with Gasteiger partial charge in [0.15, 0.2) is 0 Å². The van der Waals surface area contributed by atoms with Crippen LogP contribution < -0.4 is 4.90 Å². The van der Waals surface area contributed by atoms with Gasteiger partial charge in [-0.3, -0.25) is 9.36 Å². The third-order valence-corrected chi connectivity index (χ3v) is 5.53. The van der Waals surface area contributed by atoms with Crippen LogP contribution in [0.15, 0.2) is 67.1 Å². The predicted molar refractivity (Wildman–Crippen MR) is 113 cm³/mol. The molecule has 0 saturated carbocycles. The van der Waals surface area contributed by atoms with E-state index in [4.69, 9.17) is 0 Å². The third-order valence-electron chi connectivity index (χ3n) is 5.53. The van der Waals surface area contributed by atoms with Crippen LogP contribution in [-0.4, -0.2) is 51.5 Å². The maximum absolute atomic E-state index is 14.6. The van der Waals surface area contributed by atoms with Crippen LogP contribution in [-0.2, 0) is 0 Å². The number of amides is 1. The minimum atomic E-state index is -0.432. The summed E-state index contributed by atoms with van der Waals surface area (Å²) in [6.45, 7) is 2.37. The van der Waals surface area contributed by atoms with Gasteiger partial charge in [0.1, 0.15) is 11.6 Å². The lowest BCUT2D eigenvalue weighted by Crippen LogP contribution is -2.48. The lowest BCUT2D eigenvalue weighted by Gasteiger charge is -2.36. The molecule has 0 radical (unpaired) electrons. The van der Waals surface area contributed by atoms with E-state index in [9.17, 15) is 13.6 Å². The van der Waals surface area contributed by atoms with Crippen LogP contribution >= 0.6 is 0 Å². The van der Waals surface area contributed by atoms with Crippen molar-refractivity contribution in [3.8, 4) is 5.95 Å². The smallest absolute Gasteiger partial charge is 0.253 e. The maximum atomic E-state index is 14.6. The van der Waals surface area contributed by atoms with Crippen molar-refractivity contribution >= 4 is 22.5 Å². The molecule has 156 valence electrons. The molecule has 1 amide bonds. The molecule has 0 aliphatic carbocycles. The number of piperazine rings is 1. The molecule has 1 aliphatic rings. The molecule has 3 heterocycles. The van der Waals surface area contributed by atoms with Crippen molar-refractivity contribution in [2.24, 2.45) is 0 Å². The zero-order valence-electron chi connectivity index (χ0n) is 16.6. The average molecular weight is 419 g/mol. The molecule has 31 heavy (non-hydrogen) atoms. The molecule has 5 rings (SSSR count). The highest BCUT2D eigenvalue weighted by Gasteiger charge is 2.23. The summed E-state index contributed by atoms with van der Waals surface area (Å²) in [5, 5.41) is 0.350. The molecule has 8 heteroatoms. The van der Waals surface area contributed by atoms with Crippen LogP contribution in [0.25, 0.3) is 16.9 Å². The van der Waals surface area contributed by atoms with Crippen molar-refractivity contribution < 1.29 is 13.6 Å². The number of benzene rings is 2. The molecule has 0 unspecified atom stereocenters. The molecule has 1 saturated heterocycles. The second-order valence-corrected chi connectivity index (χ2v) is 7.38. The van der Waals surface area contributed by atoms with Crippen LogP contribution in [0.4, 0.5) is 14.5 Å². The molecule has 0 atom stereocenters. The Bertz CT molecular complexity index is 1230. The van der Waals surface area contributed by atoms with Gasteiger partial charge in [-0.25, -0.2) is 18.7 Å². The van der Waals surface area contributed by atoms with Gasteiger partial charge in [0.05, 0.1) is 5.52 Å². The molecule has 2 aromatic heterocycles. The first-order valence-electron chi connectivity index (χ1n) is 9.98. The number of hydrogen-bond acceptors (Lipinski definition) is 4. The highest BCUT2D eigenvalue weighted by molar-refractivity contribution is 5.98. The van der Waals surface area contributed by atoms with E-state index >= 15 is 0 Å². The molecule has 0 bridgehead atoms. The fraction of sp³-hybridized carbons (Fsp3) is 0.174. The molecule has 1 fully saturated rings. The van der Waals surface area contributed by atoms with E-state index in [-0.39, 0.29) is 11.7 Å². The van der Waals surface area contributed by atoms with E-state index in [0.717, 1.165) is 5.69 Å². The van der Waals surface area contributed by atoms with Crippen molar-refractivity contribution in [1.82, 2.24) is 19.4 Å². The number of halogens is 2. The maximum Gasteiger partial charge on any atom is 0.253 e. The Labute approximate surface area is 177 Å². The summed E-state index contributed by atoms with van der Waals surface area (Å²) in [5.74, 6) is -0.470. The lowest BCUT2D eigenvalue weighted by atomic mass is 10.1. The number of aromatic nitrogens is 3. The fourth-order valence-electron chi connectivity index (χ4n) is 3.91. The fourth-order valence-corrected chi connectivity index (χ4v) is 3.91. The Balaban J connectivity index is 1.35. The second-order valence-electron chi connectivity index (χ2n) is 7.38. The van der Waals surface area contributed by atoms with Gasteiger partial charge in [-0.1, -0.05) is 0 Å². The molecular weight excluding hydrogens is 400 g/mol. The van der Waals surface area contributed by atoms with E-state index < -0.39 is 5.82 Å².